The number of hydrogen-bond donors (Lipinski definition) is 0. The number of rotatable bonds is 3. The molecule has 0 aromatic carbocycles. The fourth-order valence-electron chi connectivity index (χ4n) is 1.95. The average molecular weight is 237 g/mol. The number of amides is 2. The number of carbonyl (C=O) groups is 2. The largest absolute Gasteiger partial charge is 0.282 e. The number of likely N-dealkylation sites (tertiary alicyclic amines) is 1. The molecule has 0 atom stereocenters. The zero-order valence-corrected chi connectivity index (χ0v) is 10.1. The van der Waals surface area contributed by atoms with Crippen LogP contribution < -0.4 is 0 Å². The molecule has 1 aliphatic rings. The van der Waals surface area contributed by atoms with E-state index in [1.165, 1.54) is 9.78 Å². The average Bonchev–Trinajstić information content (AvgIpc) is 2.68. The predicted molar refractivity (Wildman–Crippen MR) is 63.1 cm³/mol. The van der Waals surface area contributed by atoms with Gasteiger partial charge in [0.15, 0.2) is 0 Å². The highest BCUT2D eigenvalue weighted by atomic mass is 32.1. The maximum absolute atomic E-state index is 11.7. The fraction of sp³-hybridized carbons (Fsp3) is 0.500. The van der Waals surface area contributed by atoms with E-state index in [-0.39, 0.29) is 17.7 Å². The van der Waals surface area contributed by atoms with Crippen molar-refractivity contribution in [2.24, 2.45) is 5.92 Å². The molecule has 2 heterocycles. The van der Waals surface area contributed by atoms with E-state index in [1.54, 1.807) is 11.3 Å². The second kappa shape index (κ2) is 4.78. The van der Waals surface area contributed by atoms with Crippen LogP contribution >= 0.6 is 11.3 Å². The van der Waals surface area contributed by atoms with E-state index in [1.807, 2.05) is 24.4 Å². The third-order valence-corrected chi connectivity index (χ3v) is 3.75. The highest BCUT2D eigenvalue weighted by Crippen LogP contribution is 2.19. The summed E-state index contributed by atoms with van der Waals surface area (Å²) in [7, 11) is 0. The summed E-state index contributed by atoms with van der Waals surface area (Å²) >= 11 is 1.67. The first-order valence-electron chi connectivity index (χ1n) is 5.52. The summed E-state index contributed by atoms with van der Waals surface area (Å²) in [4.78, 5) is 26.0. The van der Waals surface area contributed by atoms with Gasteiger partial charge in [-0.1, -0.05) is 13.0 Å². The Labute approximate surface area is 99.1 Å². The molecule has 1 aromatic heterocycles. The summed E-state index contributed by atoms with van der Waals surface area (Å²) in [5.41, 5.74) is 0. The summed E-state index contributed by atoms with van der Waals surface area (Å²) in [6.45, 7) is 2.48. The van der Waals surface area contributed by atoms with Gasteiger partial charge in [-0.2, -0.15) is 0 Å². The number of piperidine rings is 1. The van der Waals surface area contributed by atoms with Crippen LogP contribution in [0, 0.1) is 5.92 Å². The van der Waals surface area contributed by atoms with Crippen molar-refractivity contribution in [1.29, 1.82) is 0 Å². The van der Waals surface area contributed by atoms with Gasteiger partial charge in [0, 0.05) is 24.3 Å². The number of imide groups is 1. The fourth-order valence-corrected chi connectivity index (χ4v) is 2.65. The van der Waals surface area contributed by atoms with Crippen molar-refractivity contribution >= 4 is 23.2 Å². The minimum atomic E-state index is -0.0136. The Bertz CT molecular complexity index is 368. The van der Waals surface area contributed by atoms with Crippen LogP contribution in [0.3, 0.4) is 0 Å². The Morgan fingerprint density at radius 2 is 2.06 bits per heavy atom. The van der Waals surface area contributed by atoms with Gasteiger partial charge in [-0.25, -0.2) is 0 Å². The molecule has 0 radical (unpaired) electrons. The molecule has 1 aromatic rings. The second-order valence-electron chi connectivity index (χ2n) is 4.28. The highest BCUT2D eigenvalue weighted by molar-refractivity contribution is 7.09. The van der Waals surface area contributed by atoms with Crippen LogP contribution in [0.1, 0.15) is 24.6 Å². The molecule has 1 fully saturated rings. The van der Waals surface area contributed by atoms with Crippen LogP contribution in [0.25, 0.3) is 0 Å². The summed E-state index contributed by atoms with van der Waals surface area (Å²) in [6.07, 6.45) is 1.80. The lowest BCUT2D eigenvalue weighted by atomic mass is 9.98. The molecule has 0 N–H and O–H groups in total. The quantitative estimate of drug-likeness (QED) is 0.755. The summed E-state index contributed by atoms with van der Waals surface area (Å²) < 4.78 is 0. The Hall–Kier alpha value is -1.16. The standard InChI is InChI=1S/C12H15NO2S/c1-9-7-11(14)13(12(15)8-9)5-4-10-3-2-6-16-10/h2-3,6,9H,4-5,7-8H2,1H3. The first-order valence-corrected chi connectivity index (χ1v) is 6.40. The highest BCUT2D eigenvalue weighted by Gasteiger charge is 2.29. The Balaban J connectivity index is 1.93. The lowest BCUT2D eigenvalue weighted by Gasteiger charge is -2.28. The molecule has 0 bridgehead atoms. The first-order chi connectivity index (χ1) is 7.66. The molecule has 0 unspecified atom stereocenters. The molecular formula is C12H15NO2S. The maximum atomic E-state index is 11.7. The van der Waals surface area contributed by atoms with Crippen LogP contribution in [0.5, 0.6) is 0 Å². The number of thiophene rings is 1. The van der Waals surface area contributed by atoms with Gasteiger partial charge in [-0.15, -0.1) is 11.3 Å². The molecule has 0 aliphatic carbocycles. The van der Waals surface area contributed by atoms with Crippen LogP contribution in [0.15, 0.2) is 17.5 Å². The molecule has 2 rings (SSSR count). The van der Waals surface area contributed by atoms with Gasteiger partial charge in [0.05, 0.1) is 0 Å². The van der Waals surface area contributed by atoms with Gasteiger partial charge in [0.25, 0.3) is 0 Å². The Morgan fingerprint density at radius 1 is 1.38 bits per heavy atom. The number of hydrogen-bond acceptors (Lipinski definition) is 3. The molecule has 16 heavy (non-hydrogen) atoms. The molecule has 4 heteroatoms. The van der Waals surface area contributed by atoms with E-state index in [0.29, 0.717) is 19.4 Å². The van der Waals surface area contributed by atoms with Crippen molar-refractivity contribution in [3.05, 3.63) is 22.4 Å². The number of nitrogens with zero attached hydrogens (tertiary/aromatic N) is 1. The molecule has 3 nitrogen and oxygen atoms in total. The van der Waals surface area contributed by atoms with Crippen molar-refractivity contribution in [3.8, 4) is 0 Å². The summed E-state index contributed by atoms with van der Waals surface area (Å²) in [6, 6.07) is 4.02. The molecule has 2 amide bonds. The van der Waals surface area contributed by atoms with Gasteiger partial charge in [-0.05, 0) is 23.8 Å². The third-order valence-electron chi connectivity index (χ3n) is 2.81. The van der Waals surface area contributed by atoms with Gasteiger partial charge in [-0.3, -0.25) is 14.5 Å². The predicted octanol–water partition coefficient (Wildman–Crippen LogP) is 2.08. The Morgan fingerprint density at radius 3 is 2.62 bits per heavy atom. The van der Waals surface area contributed by atoms with E-state index < -0.39 is 0 Å². The van der Waals surface area contributed by atoms with Crippen molar-refractivity contribution in [1.82, 2.24) is 4.90 Å². The summed E-state index contributed by atoms with van der Waals surface area (Å²) in [5, 5.41) is 2.01. The van der Waals surface area contributed by atoms with Crippen molar-refractivity contribution < 1.29 is 9.59 Å². The molecular weight excluding hydrogens is 222 g/mol. The SMILES string of the molecule is CC1CC(=O)N(CCc2cccs2)C(=O)C1. The lowest BCUT2D eigenvalue weighted by molar-refractivity contribution is -0.149. The van der Waals surface area contributed by atoms with Crippen molar-refractivity contribution in [3.63, 3.8) is 0 Å². The third kappa shape index (κ3) is 2.50. The Kier molecular flexibility index (Phi) is 3.39. The van der Waals surface area contributed by atoms with Crippen LogP contribution in [-0.4, -0.2) is 23.3 Å². The molecule has 1 saturated heterocycles. The van der Waals surface area contributed by atoms with Crippen LogP contribution in [0.4, 0.5) is 0 Å². The summed E-state index contributed by atoms with van der Waals surface area (Å²) in [5.74, 6) is 0.179. The van der Waals surface area contributed by atoms with Crippen LogP contribution in [0.2, 0.25) is 0 Å². The molecule has 0 spiro atoms. The van der Waals surface area contributed by atoms with Gasteiger partial charge >= 0.3 is 0 Å². The molecule has 86 valence electrons. The molecule has 1 aliphatic heterocycles. The smallest absolute Gasteiger partial charge is 0.229 e. The van der Waals surface area contributed by atoms with Crippen molar-refractivity contribution in [2.45, 2.75) is 26.2 Å². The second-order valence-corrected chi connectivity index (χ2v) is 5.31. The van der Waals surface area contributed by atoms with Gasteiger partial charge in [0.2, 0.25) is 11.8 Å². The van der Waals surface area contributed by atoms with E-state index in [2.05, 4.69) is 0 Å². The monoisotopic (exact) mass is 237 g/mol. The van der Waals surface area contributed by atoms with E-state index in [0.717, 1.165) is 6.42 Å². The molecule has 0 saturated carbocycles. The minimum Gasteiger partial charge on any atom is -0.282 e. The van der Waals surface area contributed by atoms with E-state index in [9.17, 15) is 9.59 Å². The van der Waals surface area contributed by atoms with E-state index in [4.69, 9.17) is 0 Å². The van der Waals surface area contributed by atoms with Crippen molar-refractivity contribution in [2.75, 3.05) is 6.54 Å². The lowest BCUT2D eigenvalue weighted by Crippen LogP contribution is -2.43. The maximum Gasteiger partial charge on any atom is 0.229 e. The first kappa shape index (κ1) is 11.3. The zero-order valence-electron chi connectivity index (χ0n) is 9.31. The van der Waals surface area contributed by atoms with Crippen LogP contribution in [-0.2, 0) is 16.0 Å². The van der Waals surface area contributed by atoms with E-state index >= 15 is 0 Å². The number of carbonyl (C=O) groups excluding carboxylic acids is 2. The minimum absolute atomic E-state index is 0.0136. The normalized spacial score (nSPS) is 18.2. The van der Waals surface area contributed by atoms with Gasteiger partial charge in [0.1, 0.15) is 0 Å². The van der Waals surface area contributed by atoms with Gasteiger partial charge < -0.3 is 0 Å². The zero-order chi connectivity index (χ0) is 11.5. The topological polar surface area (TPSA) is 37.4 Å².